The van der Waals surface area contributed by atoms with Crippen LogP contribution in [0.1, 0.15) is 29.7 Å². The molecule has 7 nitrogen and oxygen atoms in total. The molecule has 0 aliphatic carbocycles. The first-order valence-corrected chi connectivity index (χ1v) is 12.9. The van der Waals surface area contributed by atoms with Crippen LogP contribution >= 0.6 is 11.3 Å². The minimum absolute atomic E-state index is 0.196. The van der Waals surface area contributed by atoms with Gasteiger partial charge in [-0.15, -0.1) is 0 Å². The maximum absolute atomic E-state index is 13.9. The van der Waals surface area contributed by atoms with Crippen LogP contribution in [0.25, 0.3) is 11.8 Å². The summed E-state index contributed by atoms with van der Waals surface area (Å²) in [6.45, 7) is 1.95. The van der Waals surface area contributed by atoms with Crippen molar-refractivity contribution >= 4 is 29.1 Å². The number of aromatic nitrogens is 1. The van der Waals surface area contributed by atoms with Gasteiger partial charge in [0.25, 0.3) is 5.56 Å². The molecule has 8 heteroatoms. The molecule has 1 aliphatic heterocycles. The zero-order valence-corrected chi connectivity index (χ0v) is 22.0. The van der Waals surface area contributed by atoms with E-state index in [1.807, 2.05) is 84.9 Å². The van der Waals surface area contributed by atoms with Crippen LogP contribution in [0.2, 0.25) is 0 Å². The number of benzene rings is 3. The summed E-state index contributed by atoms with van der Waals surface area (Å²) in [5.41, 5.74) is 2.93. The third-order valence-corrected chi connectivity index (χ3v) is 7.20. The van der Waals surface area contributed by atoms with E-state index in [2.05, 4.69) is 0 Å². The number of thiazole rings is 1. The second-order valence-electron chi connectivity index (χ2n) is 8.48. The van der Waals surface area contributed by atoms with Gasteiger partial charge in [0.2, 0.25) is 0 Å². The number of esters is 1. The molecule has 0 bridgehead atoms. The molecule has 0 radical (unpaired) electrons. The van der Waals surface area contributed by atoms with Crippen LogP contribution < -0.4 is 24.4 Å². The normalized spacial score (nSPS) is 15.0. The van der Waals surface area contributed by atoms with Crippen LogP contribution in [-0.4, -0.2) is 31.4 Å². The van der Waals surface area contributed by atoms with Crippen molar-refractivity contribution in [2.45, 2.75) is 13.0 Å². The average molecular weight is 527 g/mol. The summed E-state index contributed by atoms with van der Waals surface area (Å²) in [5, 5.41) is 0. The number of hydrogen-bond acceptors (Lipinski definition) is 7. The summed E-state index contributed by atoms with van der Waals surface area (Å²) in [6, 6.07) is 23.6. The maximum atomic E-state index is 13.9. The van der Waals surface area contributed by atoms with Crippen molar-refractivity contribution < 1.29 is 19.0 Å². The highest BCUT2D eigenvalue weighted by Gasteiger charge is 2.35. The number of carbonyl (C=O) groups is 1. The van der Waals surface area contributed by atoms with Gasteiger partial charge < -0.3 is 14.2 Å². The van der Waals surface area contributed by atoms with Gasteiger partial charge >= 0.3 is 5.97 Å². The fourth-order valence-corrected chi connectivity index (χ4v) is 5.39. The molecule has 5 rings (SSSR count). The molecule has 1 aliphatic rings. The Kier molecular flexibility index (Phi) is 7.24. The smallest absolute Gasteiger partial charge is 0.338 e. The van der Waals surface area contributed by atoms with Gasteiger partial charge in [-0.25, -0.2) is 9.79 Å². The van der Waals surface area contributed by atoms with Crippen molar-refractivity contribution in [2.24, 2.45) is 4.99 Å². The van der Waals surface area contributed by atoms with Crippen LogP contribution in [0, 0.1) is 0 Å². The molecule has 0 fully saturated rings. The molecule has 4 aromatic rings. The van der Waals surface area contributed by atoms with E-state index in [0.29, 0.717) is 26.4 Å². The first kappa shape index (κ1) is 25.2. The van der Waals surface area contributed by atoms with Crippen LogP contribution in [0.3, 0.4) is 0 Å². The molecule has 0 spiro atoms. The zero-order chi connectivity index (χ0) is 26.6. The minimum atomic E-state index is -0.732. The van der Waals surface area contributed by atoms with Crippen molar-refractivity contribution in [2.75, 3.05) is 20.8 Å². The van der Waals surface area contributed by atoms with E-state index in [9.17, 15) is 9.59 Å². The molecular weight excluding hydrogens is 500 g/mol. The lowest BCUT2D eigenvalue weighted by Gasteiger charge is -2.26. The van der Waals surface area contributed by atoms with Crippen LogP contribution in [0.15, 0.2) is 94.2 Å². The Hall–Kier alpha value is -4.43. The number of rotatable bonds is 7. The van der Waals surface area contributed by atoms with E-state index in [4.69, 9.17) is 19.2 Å². The predicted molar refractivity (Wildman–Crippen MR) is 147 cm³/mol. The molecule has 0 saturated heterocycles. The van der Waals surface area contributed by atoms with Crippen LogP contribution in [0.4, 0.5) is 0 Å². The zero-order valence-electron chi connectivity index (χ0n) is 21.2. The van der Waals surface area contributed by atoms with Gasteiger partial charge in [-0.1, -0.05) is 65.9 Å². The molecule has 3 aromatic carbocycles. The Balaban J connectivity index is 1.79. The lowest BCUT2D eigenvalue weighted by molar-refractivity contribution is -0.138. The second-order valence-corrected chi connectivity index (χ2v) is 9.49. The number of methoxy groups -OCH3 is 2. The molecule has 0 N–H and O–H groups in total. The van der Waals surface area contributed by atoms with E-state index in [0.717, 1.165) is 22.4 Å². The minimum Gasteiger partial charge on any atom is -0.497 e. The van der Waals surface area contributed by atoms with E-state index >= 15 is 0 Å². The van der Waals surface area contributed by atoms with Crippen molar-refractivity contribution in [3.8, 4) is 11.5 Å². The number of carbonyl (C=O) groups excluding carboxylic acids is 1. The topological polar surface area (TPSA) is 79.1 Å². The Morgan fingerprint density at radius 3 is 2.18 bits per heavy atom. The van der Waals surface area contributed by atoms with Crippen LogP contribution in [0.5, 0.6) is 11.5 Å². The summed E-state index contributed by atoms with van der Waals surface area (Å²) in [4.78, 5) is 32.7. The molecule has 1 aromatic heterocycles. The SMILES string of the molecule is CCOC(=O)C1=C(c2ccccc2)N=c2s/c(=C\c3ccc(OC)cc3)c(=O)n2C1c1ccc(OC)cc1. The first-order valence-electron chi connectivity index (χ1n) is 12.1. The van der Waals surface area contributed by atoms with Gasteiger partial charge in [0, 0.05) is 5.56 Å². The average Bonchev–Trinajstić information content (AvgIpc) is 3.27. The predicted octanol–water partition coefficient (Wildman–Crippen LogP) is 3.95. The number of hydrogen-bond donors (Lipinski definition) is 0. The Morgan fingerprint density at radius 2 is 1.58 bits per heavy atom. The van der Waals surface area contributed by atoms with Gasteiger partial charge in [0.1, 0.15) is 11.5 Å². The summed E-state index contributed by atoms with van der Waals surface area (Å²) in [6.07, 6.45) is 1.82. The van der Waals surface area contributed by atoms with Gasteiger partial charge in [0.15, 0.2) is 4.80 Å². The van der Waals surface area contributed by atoms with E-state index in [1.54, 1.807) is 25.7 Å². The quantitative estimate of drug-likeness (QED) is 0.341. The molecule has 38 heavy (non-hydrogen) atoms. The lowest BCUT2D eigenvalue weighted by atomic mass is 9.93. The summed E-state index contributed by atoms with van der Waals surface area (Å²) in [7, 11) is 3.20. The highest BCUT2D eigenvalue weighted by Crippen LogP contribution is 2.35. The van der Waals surface area contributed by atoms with Crippen molar-refractivity contribution in [3.05, 3.63) is 121 Å². The molecular formula is C30H26N2O5S. The van der Waals surface area contributed by atoms with Crippen molar-refractivity contribution in [3.63, 3.8) is 0 Å². The van der Waals surface area contributed by atoms with E-state index in [-0.39, 0.29) is 12.2 Å². The molecule has 192 valence electrons. The largest absolute Gasteiger partial charge is 0.497 e. The van der Waals surface area contributed by atoms with Crippen molar-refractivity contribution in [1.29, 1.82) is 0 Å². The Bertz CT molecular complexity index is 1670. The Labute approximate surface area is 223 Å². The molecule has 0 saturated carbocycles. The molecule has 1 atom stereocenters. The number of fused-ring (bicyclic) bond motifs is 1. The lowest BCUT2D eigenvalue weighted by Crippen LogP contribution is -2.40. The molecule has 2 heterocycles. The van der Waals surface area contributed by atoms with Gasteiger partial charge in [-0.2, -0.15) is 0 Å². The van der Waals surface area contributed by atoms with Gasteiger partial charge in [-0.05, 0) is 48.4 Å². The summed E-state index contributed by atoms with van der Waals surface area (Å²) >= 11 is 1.28. The first-order chi connectivity index (χ1) is 18.5. The van der Waals surface area contributed by atoms with E-state index in [1.165, 1.54) is 11.3 Å². The molecule has 0 amide bonds. The molecule has 1 unspecified atom stereocenters. The van der Waals surface area contributed by atoms with E-state index < -0.39 is 12.0 Å². The highest BCUT2D eigenvalue weighted by atomic mass is 32.1. The van der Waals surface area contributed by atoms with Crippen LogP contribution in [-0.2, 0) is 9.53 Å². The third kappa shape index (κ3) is 4.78. The maximum Gasteiger partial charge on any atom is 0.338 e. The fraction of sp³-hybridized carbons (Fsp3) is 0.167. The summed E-state index contributed by atoms with van der Waals surface area (Å²) < 4.78 is 18.2. The van der Waals surface area contributed by atoms with Gasteiger partial charge in [-0.3, -0.25) is 9.36 Å². The third-order valence-electron chi connectivity index (χ3n) is 6.22. The highest BCUT2D eigenvalue weighted by molar-refractivity contribution is 7.07. The van der Waals surface area contributed by atoms with Gasteiger partial charge in [0.05, 0.1) is 42.7 Å². The summed E-state index contributed by atoms with van der Waals surface area (Å²) in [5.74, 6) is 0.890. The second kappa shape index (κ2) is 10.9. The number of nitrogens with zero attached hydrogens (tertiary/aromatic N) is 2. The standard InChI is InChI=1S/C30H26N2O5S/c1-4-37-29(34)25-26(20-8-6-5-7-9-20)31-30-32(27(25)21-12-16-23(36-3)17-13-21)28(33)24(38-30)18-19-10-14-22(35-2)15-11-19/h5-18,27H,4H2,1-3H3/b24-18-. The Morgan fingerprint density at radius 1 is 0.947 bits per heavy atom. The monoisotopic (exact) mass is 526 g/mol. The number of ether oxygens (including phenoxy) is 3. The van der Waals surface area contributed by atoms with Crippen molar-refractivity contribution in [1.82, 2.24) is 4.57 Å². The fourth-order valence-electron chi connectivity index (χ4n) is 4.39.